The molecule has 8 N–H and O–H groups in total. The minimum atomic E-state index is -5.27. The zero-order valence-electron chi connectivity index (χ0n) is 24.9. The number of hydrogen-bond donors (Lipinski definition) is 6. The molecule has 21 nitrogen and oxygen atoms in total. The Morgan fingerprint density at radius 3 is 2.56 bits per heavy atom. The number of imidazole rings is 1. The van der Waals surface area contributed by atoms with E-state index >= 15 is 0 Å². The molecule has 3 aromatic heterocycles. The van der Waals surface area contributed by atoms with Gasteiger partial charge in [0.2, 0.25) is 0 Å². The number of nitrogens with two attached hydrogens (primary N) is 2. The minimum absolute atomic E-state index is 0.0644. The molecule has 48 heavy (non-hydrogen) atoms. The zero-order chi connectivity index (χ0) is 34.8. The van der Waals surface area contributed by atoms with Gasteiger partial charge in [0.15, 0.2) is 36.2 Å². The lowest BCUT2D eigenvalue weighted by atomic mass is 10.1. The molecule has 0 aliphatic carbocycles. The number of carbonyl (C=O) groups excluding carboxylic acids is 1. The summed E-state index contributed by atoms with van der Waals surface area (Å²) < 4.78 is 65.2. The van der Waals surface area contributed by atoms with Gasteiger partial charge >= 0.3 is 15.6 Å². The summed E-state index contributed by atoms with van der Waals surface area (Å²) in [6.07, 6.45) is -0.191. The molecule has 5 rings (SSSR count). The number of phosphoric acid groups is 2. The van der Waals surface area contributed by atoms with E-state index in [-0.39, 0.29) is 29.2 Å². The molecule has 260 valence electrons. The maximum Gasteiger partial charge on any atom is 0.483 e. The van der Waals surface area contributed by atoms with Gasteiger partial charge in [-0.05, 0) is 6.07 Å². The number of aromatic nitrogens is 5. The van der Waals surface area contributed by atoms with Crippen LogP contribution in [0.15, 0.2) is 37.2 Å². The molecule has 0 aromatic carbocycles. The maximum atomic E-state index is 13.2. The van der Waals surface area contributed by atoms with E-state index in [0.29, 0.717) is 0 Å². The van der Waals surface area contributed by atoms with Crippen molar-refractivity contribution in [2.45, 2.75) is 49.1 Å². The number of nitrogen functional groups attached to an aromatic ring is 1. The van der Waals surface area contributed by atoms with Gasteiger partial charge in [-0.15, -0.1) is 6.42 Å². The van der Waals surface area contributed by atoms with Crippen LogP contribution in [0, 0.1) is 12.3 Å². The first-order chi connectivity index (χ1) is 22.8. The number of nitrogens with zero attached hydrogens (tertiary/aromatic N) is 5. The van der Waals surface area contributed by atoms with Crippen LogP contribution in [-0.4, -0.2) is 109 Å². The number of aliphatic hydroxyl groups excluding tert-OH is 3. The summed E-state index contributed by atoms with van der Waals surface area (Å²) in [6, 6.07) is 2.96. The predicted octanol–water partition coefficient (Wildman–Crippen LogP) is -1.70. The molecule has 2 aliphatic heterocycles. The van der Waals surface area contributed by atoms with E-state index < -0.39 is 83.8 Å². The van der Waals surface area contributed by atoms with Gasteiger partial charge in [-0.25, -0.2) is 24.1 Å². The third-order valence-electron chi connectivity index (χ3n) is 7.30. The molecule has 0 radical (unpaired) electrons. The number of anilines is 1. The van der Waals surface area contributed by atoms with Crippen LogP contribution in [-0.2, 0) is 41.2 Å². The van der Waals surface area contributed by atoms with Crippen molar-refractivity contribution >= 4 is 38.5 Å². The molecule has 2 fully saturated rings. The second-order valence-electron chi connectivity index (χ2n) is 10.3. The van der Waals surface area contributed by atoms with Gasteiger partial charge in [0.25, 0.3) is 12.1 Å². The van der Waals surface area contributed by atoms with Crippen LogP contribution in [0.4, 0.5) is 5.82 Å². The fourth-order valence-corrected chi connectivity index (χ4v) is 7.39. The van der Waals surface area contributed by atoms with Gasteiger partial charge < -0.3 is 45.9 Å². The highest BCUT2D eigenvalue weighted by Crippen LogP contribution is 2.63. The Kier molecular flexibility index (Phi) is 10.9. The van der Waals surface area contributed by atoms with Crippen molar-refractivity contribution in [2.24, 2.45) is 5.73 Å². The standard InChI is InChI=1S/C25H31N7O14P2/c1-3-7-41-20-18(34)15(45-25(20)31-6-4-5-13(8-31)22(27)36)10-43-48(39,40-2)46-47(37,38)42-9-14-17(33)19(35)24(44-14)32-12-30-16-21(26)28-11-29-23(16)32/h1,4-6,8,11-12,14-15,17-20,24-25,33-35H,7,9-10H2,2H3,(H4-,26,27,28,29,36,37,38)/p+1/t14-,15-,17-,18-,19-,20-,24-,25-,48?/m1/s1. The van der Waals surface area contributed by atoms with Crippen molar-refractivity contribution in [3.8, 4) is 12.3 Å². The van der Waals surface area contributed by atoms with Crippen molar-refractivity contribution < 1.29 is 70.8 Å². The Labute approximate surface area is 271 Å². The molecule has 2 unspecified atom stereocenters. The molecule has 0 spiro atoms. The summed E-state index contributed by atoms with van der Waals surface area (Å²) >= 11 is 0. The number of aliphatic hydroxyl groups is 3. The number of phosphoric ester groups is 2. The number of hydrogen-bond acceptors (Lipinski definition) is 17. The molecule has 0 bridgehead atoms. The van der Waals surface area contributed by atoms with Gasteiger partial charge in [0.1, 0.15) is 54.5 Å². The molecule has 10 atom stereocenters. The van der Waals surface area contributed by atoms with Crippen molar-refractivity contribution in [3.05, 3.63) is 42.7 Å². The number of ether oxygens (including phenoxy) is 3. The fourth-order valence-electron chi connectivity index (χ4n) is 4.96. The highest BCUT2D eigenvalue weighted by Gasteiger charge is 2.52. The van der Waals surface area contributed by atoms with Crippen LogP contribution in [0.2, 0.25) is 0 Å². The Bertz CT molecular complexity index is 1770. The van der Waals surface area contributed by atoms with Crippen molar-refractivity contribution in [1.82, 2.24) is 19.5 Å². The van der Waals surface area contributed by atoms with Crippen LogP contribution in [0.1, 0.15) is 22.8 Å². The van der Waals surface area contributed by atoms with Crippen molar-refractivity contribution in [2.75, 3.05) is 32.7 Å². The van der Waals surface area contributed by atoms with Crippen LogP contribution in [0.25, 0.3) is 11.2 Å². The summed E-state index contributed by atoms with van der Waals surface area (Å²) in [7, 11) is -9.30. The van der Waals surface area contributed by atoms with Crippen molar-refractivity contribution in [3.63, 3.8) is 0 Å². The van der Waals surface area contributed by atoms with Crippen LogP contribution < -0.4 is 16.0 Å². The SMILES string of the molecule is C#CCO[C@@H]1[C@H](O)[C@@H](COP(=O)(OC)OP(=O)(O)OC[C@H]2O[C@@H](n3cnc4c(N)ncnc43)[C@H](O)[C@@H]2O)O[C@H]1[n+]1cccc(C(N)=O)c1. The molecule has 2 saturated heterocycles. The highest BCUT2D eigenvalue weighted by atomic mass is 31.3. The maximum absolute atomic E-state index is 13.2. The molecule has 3 aromatic rings. The predicted molar refractivity (Wildman–Crippen MR) is 157 cm³/mol. The summed E-state index contributed by atoms with van der Waals surface area (Å²) in [5.74, 6) is 1.60. The largest absolute Gasteiger partial charge is 0.483 e. The normalized spacial score (nSPS) is 29.8. The molecular weight excluding hydrogens is 684 g/mol. The number of pyridine rings is 1. The monoisotopic (exact) mass is 716 g/mol. The van der Waals surface area contributed by atoms with Crippen LogP contribution >= 0.6 is 15.6 Å². The van der Waals surface area contributed by atoms with E-state index in [9.17, 15) is 34.1 Å². The van der Waals surface area contributed by atoms with E-state index in [1.807, 2.05) is 0 Å². The molecular formula is C25H32N7O14P2+. The van der Waals surface area contributed by atoms with Gasteiger partial charge in [0.05, 0.1) is 19.5 Å². The highest BCUT2D eigenvalue weighted by molar-refractivity contribution is 7.61. The van der Waals surface area contributed by atoms with Gasteiger partial charge in [-0.2, -0.15) is 8.88 Å². The van der Waals surface area contributed by atoms with Crippen molar-refractivity contribution in [1.29, 1.82) is 0 Å². The van der Waals surface area contributed by atoms with Gasteiger partial charge in [-0.1, -0.05) is 5.92 Å². The molecule has 0 saturated carbocycles. The van der Waals surface area contributed by atoms with Crippen LogP contribution in [0.5, 0.6) is 0 Å². The topological polar surface area (TPSA) is 296 Å². The second kappa shape index (κ2) is 14.6. The lowest BCUT2D eigenvalue weighted by Gasteiger charge is -2.22. The third kappa shape index (κ3) is 7.56. The average Bonchev–Trinajstić information content (AvgIpc) is 3.71. The first kappa shape index (κ1) is 35.8. The molecule has 5 heterocycles. The Balaban J connectivity index is 1.21. The van der Waals surface area contributed by atoms with E-state index in [1.165, 1.54) is 40.0 Å². The quantitative estimate of drug-likeness (QED) is 0.0615. The minimum Gasteiger partial charge on any atom is -0.387 e. The average molecular weight is 717 g/mol. The van der Waals surface area contributed by atoms with Gasteiger partial charge in [-0.3, -0.25) is 22.9 Å². The number of primary amides is 1. The Morgan fingerprint density at radius 1 is 1.12 bits per heavy atom. The van der Waals surface area contributed by atoms with E-state index in [0.717, 1.165) is 13.4 Å². The first-order valence-electron chi connectivity index (χ1n) is 13.9. The smallest absolute Gasteiger partial charge is 0.387 e. The van der Waals surface area contributed by atoms with Crippen LogP contribution in [0.3, 0.4) is 0 Å². The third-order valence-corrected chi connectivity index (χ3v) is 10.3. The molecule has 1 amide bonds. The summed E-state index contributed by atoms with van der Waals surface area (Å²) in [6.45, 7) is -1.78. The van der Waals surface area contributed by atoms with E-state index in [2.05, 4.69) is 20.9 Å². The van der Waals surface area contributed by atoms with E-state index in [4.69, 9.17) is 50.0 Å². The number of amides is 1. The first-order valence-corrected chi connectivity index (χ1v) is 16.9. The van der Waals surface area contributed by atoms with Gasteiger partial charge in [0, 0.05) is 13.2 Å². The second-order valence-corrected chi connectivity index (χ2v) is 13.7. The lowest BCUT2D eigenvalue weighted by molar-refractivity contribution is -0.766. The van der Waals surface area contributed by atoms with E-state index in [1.54, 1.807) is 0 Å². The summed E-state index contributed by atoms with van der Waals surface area (Å²) in [5, 5.41) is 32.1. The molecule has 2 aliphatic rings. The number of fused-ring (bicyclic) bond motifs is 1. The fraction of sp³-hybridized carbons (Fsp3) is 0.480. The number of rotatable bonds is 14. The Morgan fingerprint density at radius 2 is 1.85 bits per heavy atom. The summed E-state index contributed by atoms with van der Waals surface area (Å²) in [5.41, 5.74) is 11.7. The lowest BCUT2D eigenvalue weighted by Crippen LogP contribution is -2.47. The Hall–Kier alpha value is -3.45. The molecule has 23 heteroatoms. The zero-order valence-corrected chi connectivity index (χ0v) is 26.7. The number of terminal acetylenes is 1. The summed E-state index contributed by atoms with van der Waals surface area (Å²) in [4.78, 5) is 33.9. The number of carbonyl (C=O) groups is 1.